The second kappa shape index (κ2) is 3.88. The van der Waals surface area contributed by atoms with E-state index < -0.39 is 0 Å². The summed E-state index contributed by atoms with van der Waals surface area (Å²) in [7, 11) is 0. The molecule has 2 saturated heterocycles. The Hall–Kier alpha value is -0.220. The van der Waals surface area contributed by atoms with Gasteiger partial charge in [0.2, 0.25) is 5.91 Å². The lowest BCUT2D eigenvalue weighted by molar-refractivity contribution is -0.129. The average Bonchev–Trinajstić information content (AvgIpc) is 2.48. The predicted octanol–water partition coefficient (Wildman–Crippen LogP) is 0.660. The lowest BCUT2D eigenvalue weighted by atomic mass is 10.1. The molecule has 0 saturated carbocycles. The van der Waals surface area contributed by atoms with E-state index >= 15 is 0 Å². The first kappa shape index (κ1) is 9.34. The summed E-state index contributed by atoms with van der Waals surface area (Å²) < 4.78 is 0. The van der Waals surface area contributed by atoms with Gasteiger partial charge in [-0.3, -0.25) is 10.1 Å². The topological polar surface area (TPSA) is 32.3 Å². The van der Waals surface area contributed by atoms with Gasteiger partial charge in [0.05, 0.1) is 12.7 Å². The van der Waals surface area contributed by atoms with Crippen molar-refractivity contribution in [2.24, 2.45) is 0 Å². The van der Waals surface area contributed by atoms with Gasteiger partial charge in [0.15, 0.2) is 0 Å². The first-order chi connectivity index (χ1) is 6.29. The van der Waals surface area contributed by atoms with Gasteiger partial charge in [0.25, 0.3) is 0 Å². The highest BCUT2D eigenvalue weighted by atomic mass is 32.2. The zero-order valence-electron chi connectivity index (χ0n) is 7.95. The quantitative estimate of drug-likeness (QED) is 0.675. The number of nitrogens with zero attached hydrogens (tertiary/aromatic N) is 1. The summed E-state index contributed by atoms with van der Waals surface area (Å²) in [6.45, 7) is 2.60. The van der Waals surface area contributed by atoms with Gasteiger partial charge in [-0.15, -0.1) is 0 Å². The molecule has 3 nitrogen and oxygen atoms in total. The molecule has 0 aromatic carbocycles. The van der Waals surface area contributed by atoms with Crippen molar-refractivity contribution in [3.8, 4) is 0 Å². The molecular weight excluding hydrogens is 184 g/mol. The van der Waals surface area contributed by atoms with Crippen LogP contribution in [0.1, 0.15) is 19.8 Å². The van der Waals surface area contributed by atoms with Gasteiger partial charge in [-0.25, -0.2) is 0 Å². The second-order valence-electron chi connectivity index (χ2n) is 3.73. The maximum Gasteiger partial charge on any atom is 0.238 e. The van der Waals surface area contributed by atoms with Crippen LogP contribution in [0.15, 0.2) is 0 Å². The van der Waals surface area contributed by atoms with Crippen LogP contribution >= 0.6 is 11.8 Å². The van der Waals surface area contributed by atoms with E-state index in [1.807, 2.05) is 16.7 Å². The molecule has 0 aromatic rings. The molecule has 4 heteroatoms. The van der Waals surface area contributed by atoms with Crippen molar-refractivity contribution in [1.82, 2.24) is 10.2 Å². The van der Waals surface area contributed by atoms with Crippen molar-refractivity contribution in [2.75, 3.05) is 18.1 Å². The molecule has 1 N–H and O–H groups in total. The molecule has 2 atom stereocenters. The van der Waals surface area contributed by atoms with Gasteiger partial charge >= 0.3 is 0 Å². The van der Waals surface area contributed by atoms with E-state index in [4.69, 9.17) is 0 Å². The van der Waals surface area contributed by atoms with E-state index in [0.29, 0.717) is 12.6 Å². The number of amides is 1. The summed E-state index contributed by atoms with van der Waals surface area (Å²) >= 11 is 1.97. The lowest BCUT2D eigenvalue weighted by Gasteiger charge is -2.33. The van der Waals surface area contributed by atoms with Gasteiger partial charge in [-0.2, -0.15) is 11.8 Å². The van der Waals surface area contributed by atoms with Crippen LogP contribution in [0.25, 0.3) is 0 Å². The van der Waals surface area contributed by atoms with Crippen molar-refractivity contribution in [1.29, 1.82) is 0 Å². The van der Waals surface area contributed by atoms with Gasteiger partial charge in [-0.1, -0.05) is 0 Å². The molecule has 0 radical (unpaired) electrons. The fourth-order valence-electron chi connectivity index (χ4n) is 2.10. The molecule has 2 heterocycles. The lowest BCUT2D eigenvalue weighted by Crippen LogP contribution is -2.45. The smallest absolute Gasteiger partial charge is 0.238 e. The third kappa shape index (κ3) is 1.83. The molecular formula is C9H16N2OS. The minimum atomic E-state index is 0.246. The monoisotopic (exact) mass is 200 g/mol. The number of nitrogens with one attached hydrogen (secondary N) is 1. The normalized spacial score (nSPS) is 35.5. The molecule has 2 unspecified atom stereocenters. The van der Waals surface area contributed by atoms with E-state index in [0.717, 1.165) is 5.75 Å². The Labute approximate surface area is 83.2 Å². The predicted molar refractivity (Wildman–Crippen MR) is 54.7 cm³/mol. The highest BCUT2D eigenvalue weighted by Crippen LogP contribution is 2.24. The average molecular weight is 200 g/mol. The summed E-state index contributed by atoms with van der Waals surface area (Å²) in [4.78, 5) is 13.6. The molecule has 1 amide bonds. The van der Waals surface area contributed by atoms with E-state index in [9.17, 15) is 4.79 Å². The van der Waals surface area contributed by atoms with E-state index in [1.54, 1.807) is 0 Å². The molecule has 74 valence electrons. The number of hydrogen-bond donors (Lipinski definition) is 1. The minimum Gasteiger partial charge on any atom is -0.323 e. The van der Waals surface area contributed by atoms with Crippen molar-refractivity contribution in [3.05, 3.63) is 0 Å². The third-order valence-corrected chi connectivity index (χ3v) is 3.98. The Morgan fingerprint density at radius 3 is 3.00 bits per heavy atom. The zero-order valence-corrected chi connectivity index (χ0v) is 8.77. The Bertz CT molecular complexity index is 204. The highest BCUT2D eigenvalue weighted by Gasteiger charge is 2.33. The van der Waals surface area contributed by atoms with Crippen LogP contribution in [-0.4, -0.2) is 41.1 Å². The molecule has 2 fully saturated rings. The first-order valence-electron chi connectivity index (χ1n) is 4.91. The van der Waals surface area contributed by atoms with Gasteiger partial charge in [0, 0.05) is 11.8 Å². The van der Waals surface area contributed by atoms with Crippen LogP contribution in [0.3, 0.4) is 0 Å². The number of carbonyl (C=O) groups excluding carboxylic acids is 1. The maximum atomic E-state index is 11.5. The summed E-state index contributed by atoms with van der Waals surface area (Å²) in [5.41, 5.74) is 0. The van der Waals surface area contributed by atoms with Crippen LogP contribution < -0.4 is 5.32 Å². The Balaban J connectivity index is 2.00. The van der Waals surface area contributed by atoms with E-state index in [1.165, 1.54) is 18.6 Å². The van der Waals surface area contributed by atoms with Crippen LogP contribution in [-0.2, 0) is 4.79 Å². The molecule has 0 aliphatic carbocycles. The van der Waals surface area contributed by atoms with Crippen LogP contribution in [0, 0.1) is 0 Å². The summed E-state index contributed by atoms with van der Waals surface area (Å²) in [5, 5.41) is 3.18. The summed E-state index contributed by atoms with van der Waals surface area (Å²) in [5.74, 6) is 2.66. The first-order valence-corrected chi connectivity index (χ1v) is 6.07. The van der Waals surface area contributed by atoms with Crippen LogP contribution in [0.5, 0.6) is 0 Å². The fraction of sp³-hybridized carbons (Fsp3) is 0.889. The molecule has 2 rings (SSSR count). The van der Waals surface area contributed by atoms with Crippen LogP contribution in [0.4, 0.5) is 0 Å². The van der Waals surface area contributed by atoms with Gasteiger partial charge in [0.1, 0.15) is 0 Å². The van der Waals surface area contributed by atoms with Crippen molar-refractivity contribution in [2.45, 2.75) is 32.0 Å². The van der Waals surface area contributed by atoms with Crippen molar-refractivity contribution >= 4 is 17.7 Å². The molecule has 0 aromatic heterocycles. The van der Waals surface area contributed by atoms with Gasteiger partial charge < -0.3 is 4.90 Å². The zero-order chi connectivity index (χ0) is 9.26. The van der Waals surface area contributed by atoms with E-state index in [-0.39, 0.29) is 12.1 Å². The number of carbonyl (C=O) groups is 1. The largest absolute Gasteiger partial charge is 0.323 e. The van der Waals surface area contributed by atoms with Gasteiger partial charge in [-0.05, 0) is 25.5 Å². The van der Waals surface area contributed by atoms with E-state index in [2.05, 4.69) is 12.2 Å². The molecule has 2 aliphatic rings. The molecule has 0 bridgehead atoms. The molecule has 0 spiro atoms. The number of thioether (sulfide) groups is 1. The molecule has 2 aliphatic heterocycles. The fourth-order valence-corrected chi connectivity index (χ4v) is 3.24. The van der Waals surface area contributed by atoms with Crippen molar-refractivity contribution < 1.29 is 4.79 Å². The number of hydrogen-bond acceptors (Lipinski definition) is 3. The Morgan fingerprint density at radius 1 is 1.62 bits per heavy atom. The number of rotatable bonds is 1. The summed E-state index contributed by atoms with van der Waals surface area (Å²) in [6, 6.07) is 0.483. The Morgan fingerprint density at radius 2 is 2.46 bits per heavy atom. The third-order valence-electron chi connectivity index (χ3n) is 2.78. The Kier molecular flexibility index (Phi) is 2.79. The maximum absolute atomic E-state index is 11.5. The highest BCUT2D eigenvalue weighted by molar-refractivity contribution is 7.99. The second-order valence-corrected chi connectivity index (χ2v) is 4.88. The van der Waals surface area contributed by atoms with Crippen LogP contribution in [0.2, 0.25) is 0 Å². The minimum absolute atomic E-state index is 0.246. The molecule has 13 heavy (non-hydrogen) atoms. The standard InChI is InChI=1S/C9H16N2OS/c1-7-10-5-9(12)11(7)8-3-2-4-13-6-8/h7-8,10H,2-6H2,1H3. The summed E-state index contributed by atoms with van der Waals surface area (Å²) in [6.07, 6.45) is 2.69. The SMILES string of the molecule is CC1NCC(=O)N1C1CCCSC1. The van der Waals surface area contributed by atoms with Crippen molar-refractivity contribution in [3.63, 3.8) is 0 Å².